The summed E-state index contributed by atoms with van der Waals surface area (Å²) in [5.41, 5.74) is -1.44. The van der Waals surface area contributed by atoms with E-state index in [0.29, 0.717) is 6.42 Å². The van der Waals surface area contributed by atoms with Gasteiger partial charge in [0.25, 0.3) is 0 Å². The van der Waals surface area contributed by atoms with E-state index in [0.717, 1.165) is 4.31 Å². The van der Waals surface area contributed by atoms with E-state index in [9.17, 15) is 18.3 Å². The number of hydrogen-bond donors (Lipinski definition) is 1. The average Bonchev–Trinajstić information content (AvgIpc) is 2.72. The second-order valence-corrected chi connectivity index (χ2v) is 7.60. The Bertz CT molecular complexity index is 641. The normalized spacial score (nSPS) is 23.9. The number of sulfonamides is 1. The van der Waals surface area contributed by atoms with Crippen molar-refractivity contribution in [1.82, 2.24) is 4.31 Å². The van der Waals surface area contributed by atoms with Crippen LogP contribution in [0.15, 0.2) is 23.1 Å². The fourth-order valence-electron chi connectivity index (χ4n) is 2.34. The average molecular weight is 338 g/mol. The van der Waals surface area contributed by atoms with Crippen LogP contribution in [0.5, 0.6) is 0 Å². The van der Waals surface area contributed by atoms with Crippen LogP contribution in [0.25, 0.3) is 0 Å². The topological polar surface area (TPSA) is 74.7 Å². The van der Waals surface area contributed by atoms with Crippen LogP contribution >= 0.6 is 23.2 Å². The minimum Gasteiger partial charge on any atom is -0.480 e. The number of carboxylic acid groups (broad SMARTS) is 1. The van der Waals surface area contributed by atoms with Gasteiger partial charge >= 0.3 is 5.97 Å². The van der Waals surface area contributed by atoms with Crippen molar-refractivity contribution in [3.05, 3.63) is 28.2 Å². The number of carbonyl (C=O) groups is 1. The van der Waals surface area contributed by atoms with E-state index in [1.807, 2.05) is 0 Å². The monoisotopic (exact) mass is 337 g/mol. The highest BCUT2D eigenvalue weighted by Gasteiger charge is 2.49. The molecule has 110 valence electrons. The van der Waals surface area contributed by atoms with Gasteiger partial charge in [-0.15, -0.1) is 0 Å². The molecule has 5 nitrogen and oxygen atoms in total. The zero-order chi connectivity index (χ0) is 15.1. The molecule has 1 aromatic carbocycles. The van der Waals surface area contributed by atoms with Crippen LogP contribution in [0.4, 0.5) is 0 Å². The van der Waals surface area contributed by atoms with Gasteiger partial charge in [-0.2, -0.15) is 4.31 Å². The van der Waals surface area contributed by atoms with Crippen molar-refractivity contribution in [2.45, 2.75) is 30.2 Å². The summed E-state index contributed by atoms with van der Waals surface area (Å²) in [6.45, 7) is 1.57. The summed E-state index contributed by atoms with van der Waals surface area (Å²) in [7, 11) is -3.95. The Morgan fingerprint density at radius 3 is 2.35 bits per heavy atom. The van der Waals surface area contributed by atoms with E-state index in [2.05, 4.69) is 0 Å². The van der Waals surface area contributed by atoms with Gasteiger partial charge in [-0.25, -0.2) is 8.42 Å². The van der Waals surface area contributed by atoms with Crippen LogP contribution in [0.3, 0.4) is 0 Å². The van der Waals surface area contributed by atoms with Gasteiger partial charge in [0.2, 0.25) is 10.0 Å². The molecule has 0 amide bonds. The largest absolute Gasteiger partial charge is 0.480 e. The number of carboxylic acids is 1. The highest BCUT2D eigenvalue weighted by molar-refractivity contribution is 7.89. The fraction of sp³-hybridized carbons (Fsp3) is 0.417. The SMILES string of the molecule is CC1(C(=O)O)CCCN1S(=O)(=O)c1cc(Cl)cc(Cl)c1. The summed E-state index contributed by atoms with van der Waals surface area (Å²) in [6, 6.07) is 3.95. The first-order valence-electron chi connectivity index (χ1n) is 5.90. The van der Waals surface area contributed by atoms with Gasteiger partial charge in [0.1, 0.15) is 5.54 Å². The van der Waals surface area contributed by atoms with E-state index < -0.39 is 21.5 Å². The minimum absolute atomic E-state index is 0.0932. The first-order chi connectivity index (χ1) is 9.18. The smallest absolute Gasteiger partial charge is 0.324 e. The van der Waals surface area contributed by atoms with Gasteiger partial charge in [0.15, 0.2) is 0 Å². The second kappa shape index (κ2) is 5.18. The molecule has 8 heteroatoms. The quantitative estimate of drug-likeness (QED) is 0.919. The molecule has 0 saturated carbocycles. The number of halogens is 2. The molecule has 1 fully saturated rings. The van der Waals surface area contributed by atoms with Crippen molar-refractivity contribution in [2.24, 2.45) is 0 Å². The maximum Gasteiger partial charge on any atom is 0.324 e. The van der Waals surface area contributed by atoms with Crippen LogP contribution in [-0.4, -0.2) is 35.9 Å². The fourth-order valence-corrected chi connectivity index (χ4v) is 4.87. The molecule has 1 unspecified atom stereocenters. The van der Waals surface area contributed by atoms with Gasteiger partial charge in [-0.05, 0) is 38.0 Å². The molecule has 1 aliphatic rings. The minimum atomic E-state index is -3.95. The molecule has 0 bridgehead atoms. The van der Waals surface area contributed by atoms with Gasteiger partial charge in [0.05, 0.1) is 4.90 Å². The summed E-state index contributed by atoms with van der Waals surface area (Å²) < 4.78 is 26.2. The predicted octanol–water partition coefficient (Wildman–Crippen LogP) is 2.62. The Kier molecular flexibility index (Phi) is 4.03. The summed E-state index contributed by atoms with van der Waals surface area (Å²) in [5, 5.41) is 9.68. The third kappa shape index (κ3) is 2.53. The summed E-state index contributed by atoms with van der Waals surface area (Å²) in [6.07, 6.45) is 0.770. The highest BCUT2D eigenvalue weighted by Crippen LogP contribution is 2.35. The third-order valence-corrected chi connectivity index (χ3v) is 5.89. The van der Waals surface area contributed by atoms with E-state index >= 15 is 0 Å². The number of benzene rings is 1. The molecule has 1 aliphatic heterocycles. The first kappa shape index (κ1) is 15.6. The molecule has 0 aliphatic carbocycles. The molecule has 1 N–H and O–H groups in total. The second-order valence-electron chi connectivity index (χ2n) is 4.86. The lowest BCUT2D eigenvalue weighted by atomic mass is 10.0. The van der Waals surface area contributed by atoms with Gasteiger partial charge in [-0.3, -0.25) is 4.79 Å². The molecule has 0 radical (unpaired) electrons. The Morgan fingerprint density at radius 2 is 1.85 bits per heavy atom. The molecule has 1 saturated heterocycles. The van der Waals surface area contributed by atoms with E-state index in [-0.39, 0.29) is 27.9 Å². The summed E-state index contributed by atoms with van der Waals surface area (Å²) in [5.74, 6) is -1.16. The lowest BCUT2D eigenvalue weighted by Crippen LogP contribution is -2.50. The van der Waals surface area contributed by atoms with Crippen molar-refractivity contribution in [3.8, 4) is 0 Å². The molecular weight excluding hydrogens is 325 g/mol. The first-order valence-corrected chi connectivity index (χ1v) is 8.10. The molecule has 20 heavy (non-hydrogen) atoms. The van der Waals surface area contributed by atoms with Crippen molar-refractivity contribution < 1.29 is 18.3 Å². The molecule has 0 spiro atoms. The predicted molar refractivity (Wildman–Crippen MR) is 75.6 cm³/mol. The van der Waals surface area contributed by atoms with E-state index in [4.69, 9.17) is 23.2 Å². The van der Waals surface area contributed by atoms with Crippen LogP contribution in [0.2, 0.25) is 10.0 Å². The number of nitrogens with zero attached hydrogens (tertiary/aromatic N) is 1. The maximum atomic E-state index is 12.6. The highest BCUT2D eigenvalue weighted by atomic mass is 35.5. The van der Waals surface area contributed by atoms with Crippen molar-refractivity contribution in [1.29, 1.82) is 0 Å². The Balaban J connectivity index is 2.52. The zero-order valence-electron chi connectivity index (χ0n) is 10.6. The van der Waals surface area contributed by atoms with E-state index in [1.54, 1.807) is 0 Å². The lowest BCUT2D eigenvalue weighted by Gasteiger charge is -2.30. The van der Waals surface area contributed by atoms with Crippen molar-refractivity contribution in [3.63, 3.8) is 0 Å². The molecule has 1 atom stereocenters. The molecule has 1 aromatic rings. The molecule has 1 heterocycles. The molecular formula is C12H13Cl2NO4S. The van der Waals surface area contributed by atoms with Crippen LogP contribution in [0.1, 0.15) is 19.8 Å². The van der Waals surface area contributed by atoms with Gasteiger partial charge < -0.3 is 5.11 Å². The number of aliphatic carboxylic acids is 1. The molecule has 0 aromatic heterocycles. The summed E-state index contributed by atoms with van der Waals surface area (Å²) >= 11 is 11.6. The van der Waals surface area contributed by atoms with Crippen LogP contribution in [-0.2, 0) is 14.8 Å². The third-order valence-electron chi connectivity index (χ3n) is 3.46. The van der Waals surface area contributed by atoms with Gasteiger partial charge in [-0.1, -0.05) is 23.2 Å². The Morgan fingerprint density at radius 1 is 1.30 bits per heavy atom. The van der Waals surface area contributed by atoms with Crippen LogP contribution < -0.4 is 0 Å². The summed E-state index contributed by atoms with van der Waals surface area (Å²) in [4.78, 5) is 11.3. The Labute approximate surface area is 127 Å². The number of rotatable bonds is 3. The zero-order valence-corrected chi connectivity index (χ0v) is 13.0. The van der Waals surface area contributed by atoms with Gasteiger partial charge in [0, 0.05) is 16.6 Å². The Hall–Kier alpha value is -0.820. The maximum absolute atomic E-state index is 12.6. The lowest BCUT2D eigenvalue weighted by molar-refractivity contribution is -0.146. The molecule has 2 rings (SSSR count). The number of hydrogen-bond acceptors (Lipinski definition) is 3. The standard InChI is InChI=1S/C12H13Cl2NO4S/c1-12(11(16)17)3-2-4-15(12)20(18,19)10-6-8(13)5-9(14)7-10/h5-7H,2-4H2,1H3,(H,16,17). The van der Waals surface area contributed by atoms with Crippen LogP contribution in [0, 0.1) is 0 Å². The van der Waals surface area contributed by atoms with Crippen molar-refractivity contribution in [2.75, 3.05) is 6.54 Å². The van der Waals surface area contributed by atoms with E-state index in [1.165, 1.54) is 25.1 Å². The van der Waals surface area contributed by atoms with Crippen molar-refractivity contribution >= 4 is 39.2 Å².